The summed E-state index contributed by atoms with van der Waals surface area (Å²) in [5.41, 5.74) is 2.45. The molecule has 0 amide bonds. The Hall–Kier alpha value is -4.72. The number of nitrogens with one attached hydrogen (secondary N) is 1. The first-order valence-corrected chi connectivity index (χ1v) is 10.7. The lowest BCUT2D eigenvalue weighted by Crippen LogP contribution is -2.16. The van der Waals surface area contributed by atoms with Crippen molar-refractivity contribution in [3.63, 3.8) is 0 Å². The van der Waals surface area contributed by atoms with Crippen molar-refractivity contribution in [3.8, 4) is 39.9 Å². The van der Waals surface area contributed by atoms with Crippen molar-refractivity contribution in [1.82, 2.24) is 9.55 Å². The lowest BCUT2D eigenvalue weighted by atomic mass is 10.1. The number of hydrogen-bond acceptors (Lipinski definition) is 6. The predicted octanol–water partition coefficient (Wildman–Crippen LogP) is 4.46. The number of ether oxygens (including phenoxy) is 3. The number of imidazole rings is 1. The molecule has 8 heteroatoms. The van der Waals surface area contributed by atoms with E-state index in [1.807, 2.05) is 0 Å². The van der Waals surface area contributed by atoms with E-state index in [0.717, 1.165) is 0 Å². The lowest BCUT2D eigenvalue weighted by molar-refractivity contribution is 0.104. The second-order valence-corrected chi connectivity index (χ2v) is 7.57. The van der Waals surface area contributed by atoms with Crippen LogP contribution in [0.1, 0.15) is 15.9 Å². The van der Waals surface area contributed by atoms with Crippen LogP contribution in [-0.4, -0.2) is 41.8 Å². The minimum Gasteiger partial charge on any atom is -0.508 e. The zero-order chi connectivity index (χ0) is 24.9. The summed E-state index contributed by atoms with van der Waals surface area (Å²) in [6.07, 6.45) is 4.63. The van der Waals surface area contributed by atoms with Crippen LogP contribution in [0.5, 0.6) is 23.0 Å². The third-order valence-corrected chi connectivity index (χ3v) is 5.42. The smallest absolute Gasteiger partial charge is 0.330 e. The molecule has 1 aromatic heterocycles. The SMILES string of the molecule is COc1cc(-c2c[nH]c(=O)n2-c2cccc(C(=O)C=Cc3cccc(O)c3)c2)cc(OC)c1OC. The molecular weight excluding hydrogens is 448 g/mol. The van der Waals surface area contributed by atoms with Crippen LogP contribution in [0.2, 0.25) is 0 Å². The van der Waals surface area contributed by atoms with Crippen molar-refractivity contribution in [2.24, 2.45) is 0 Å². The van der Waals surface area contributed by atoms with Gasteiger partial charge in [-0.3, -0.25) is 9.36 Å². The van der Waals surface area contributed by atoms with E-state index < -0.39 is 0 Å². The first kappa shape index (κ1) is 23.4. The molecule has 0 spiro atoms. The van der Waals surface area contributed by atoms with Crippen LogP contribution in [0.15, 0.2) is 77.7 Å². The Morgan fingerprint density at radius 3 is 2.31 bits per heavy atom. The maximum absolute atomic E-state index is 12.8. The first-order chi connectivity index (χ1) is 16.9. The Kier molecular flexibility index (Phi) is 6.73. The van der Waals surface area contributed by atoms with Crippen molar-refractivity contribution >= 4 is 11.9 Å². The molecule has 0 radical (unpaired) electrons. The summed E-state index contributed by atoms with van der Waals surface area (Å²) in [7, 11) is 4.55. The van der Waals surface area contributed by atoms with Gasteiger partial charge in [0.05, 0.1) is 32.7 Å². The lowest BCUT2D eigenvalue weighted by Gasteiger charge is -2.15. The highest BCUT2D eigenvalue weighted by Crippen LogP contribution is 2.41. The molecule has 0 aliphatic heterocycles. The van der Waals surface area contributed by atoms with Crippen molar-refractivity contribution in [3.05, 3.63) is 94.5 Å². The average molecular weight is 472 g/mol. The van der Waals surface area contributed by atoms with Crippen molar-refractivity contribution in [1.29, 1.82) is 0 Å². The number of ketones is 1. The third kappa shape index (κ3) is 4.81. The molecule has 0 bridgehead atoms. The van der Waals surface area contributed by atoms with Gasteiger partial charge in [0, 0.05) is 17.3 Å². The van der Waals surface area contributed by atoms with Crippen molar-refractivity contribution in [2.45, 2.75) is 0 Å². The standard InChI is InChI=1S/C27H24N2O6/c1-33-24-14-19(15-25(34-2)26(24)35-3)22-16-28-27(32)29(22)20-8-5-7-18(13-20)23(31)11-10-17-6-4-9-21(30)12-17/h4-16,30H,1-3H3,(H,28,32). The van der Waals surface area contributed by atoms with Crippen LogP contribution in [0.3, 0.4) is 0 Å². The number of phenols is 1. The fraction of sp³-hybridized carbons (Fsp3) is 0.111. The number of hydrogen-bond donors (Lipinski definition) is 2. The van der Waals surface area contributed by atoms with E-state index in [9.17, 15) is 14.7 Å². The minimum absolute atomic E-state index is 0.118. The van der Waals surface area contributed by atoms with Gasteiger partial charge in [-0.1, -0.05) is 30.3 Å². The molecule has 3 aromatic carbocycles. The van der Waals surface area contributed by atoms with Crippen LogP contribution in [-0.2, 0) is 0 Å². The van der Waals surface area contributed by atoms with Gasteiger partial charge in [0.1, 0.15) is 5.75 Å². The fourth-order valence-corrected chi connectivity index (χ4v) is 3.76. The molecule has 35 heavy (non-hydrogen) atoms. The number of rotatable bonds is 8. The molecule has 0 unspecified atom stereocenters. The zero-order valence-corrected chi connectivity index (χ0v) is 19.4. The number of aromatic amines is 1. The topological polar surface area (TPSA) is 103 Å². The van der Waals surface area contributed by atoms with Crippen LogP contribution in [0, 0.1) is 0 Å². The number of H-pyrrole nitrogens is 1. The van der Waals surface area contributed by atoms with Crippen molar-refractivity contribution < 1.29 is 24.1 Å². The Bertz CT molecular complexity index is 1440. The summed E-state index contributed by atoms with van der Waals surface area (Å²) in [5, 5.41) is 9.60. The van der Waals surface area contributed by atoms with Gasteiger partial charge in [-0.25, -0.2) is 4.79 Å². The van der Waals surface area contributed by atoms with E-state index in [1.165, 1.54) is 32.0 Å². The zero-order valence-electron chi connectivity index (χ0n) is 19.4. The van der Waals surface area contributed by atoms with E-state index in [0.29, 0.717) is 45.3 Å². The second-order valence-electron chi connectivity index (χ2n) is 7.57. The van der Waals surface area contributed by atoms with Crippen LogP contribution in [0.4, 0.5) is 0 Å². The number of nitrogens with zero attached hydrogens (tertiary/aromatic N) is 1. The Morgan fingerprint density at radius 2 is 1.66 bits per heavy atom. The molecule has 0 aliphatic carbocycles. The molecule has 4 rings (SSSR count). The summed E-state index contributed by atoms with van der Waals surface area (Å²) in [4.78, 5) is 28.3. The number of methoxy groups -OCH3 is 3. The highest BCUT2D eigenvalue weighted by molar-refractivity contribution is 6.07. The normalized spacial score (nSPS) is 10.9. The quantitative estimate of drug-likeness (QED) is 0.290. The van der Waals surface area contributed by atoms with E-state index >= 15 is 0 Å². The number of carbonyl (C=O) groups excluding carboxylic acids is 1. The highest BCUT2D eigenvalue weighted by atomic mass is 16.5. The Labute approximate surface area is 201 Å². The largest absolute Gasteiger partial charge is 0.508 e. The fourth-order valence-electron chi connectivity index (χ4n) is 3.76. The first-order valence-electron chi connectivity index (χ1n) is 10.7. The molecular formula is C27H24N2O6. The van der Waals surface area contributed by atoms with Gasteiger partial charge in [-0.05, 0) is 48.0 Å². The summed E-state index contributed by atoms with van der Waals surface area (Å²) < 4.78 is 17.7. The van der Waals surface area contributed by atoms with Gasteiger partial charge in [0.2, 0.25) is 5.75 Å². The molecule has 8 nitrogen and oxygen atoms in total. The molecule has 0 aliphatic rings. The number of aromatic nitrogens is 2. The van der Waals surface area contributed by atoms with E-state index in [2.05, 4.69) is 4.98 Å². The van der Waals surface area contributed by atoms with Gasteiger partial charge in [0.25, 0.3) is 0 Å². The number of aromatic hydroxyl groups is 1. The van der Waals surface area contributed by atoms with Gasteiger partial charge in [-0.15, -0.1) is 0 Å². The molecule has 4 aromatic rings. The predicted molar refractivity (Wildman–Crippen MR) is 133 cm³/mol. The average Bonchev–Trinajstić information content (AvgIpc) is 3.27. The van der Waals surface area contributed by atoms with E-state index in [-0.39, 0.29) is 17.2 Å². The third-order valence-electron chi connectivity index (χ3n) is 5.42. The van der Waals surface area contributed by atoms with Gasteiger partial charge >= 0.3 is 5.69 Å². The van der Waals surface area contributed by atoms with Crippen molar-refractivity contribution in [2.75, 3.05) is 21.3 Å². The van der Waals surface area contributed by atoms with Gasteiger partial charge in [0.15, 0.2) is 17.3 Å². The molecule has 178 valence electrons. The second kappa shape index (κ2) is 10.0. The molecule has 0 fully saturated rings. The Morgan fingerprint density at radius 1 is 0.943 bits per heavy atom. The number of benzene rings is 3. The molecule has 1 heterocycles. The number of phenolic OH excluding ortho intramolecular Hbond substituents is 1. The number of carbonyl (C=O) groups is 1. The molecule has 0 atom stereocenters. The van der Waals surface area contributed by atoms with Crippen LogP contribution < -0.4 is 19.9 Å². The monoisotopic (exact) mass is 472 g/mol. The Balaban J connectivity index is 1.73. The molecule has 0 saturated carbocycles. The van der Waals surface area contributed by atoms with E-state index in [1.54, 1.807) is 72.9 Å². The van der Waals surface area contributed by atoms with Gasteiger partial charge < -0.3 is 24.3 Å². The molecule has 0 saturated heterocycles. The summed E-state index contributed by atoms with van der Waals surface area (Å²) in [5.74, 6) is 1.21. The number of allylic oxidation sites excluding steroid dienone is 1. The summed E-state index contributed by atoms with van der Waals surface area (Å²) >= 11 is 0. The summed E-state index contributed by atoms with van der Waals surface area (Å²) in [6, 6.07) is 16.9. The van der Waals surface area contributed by atoms with Crippen LogP contribution in [0.25, 0.3) is 23.0 Å². The maximum atomic E-state index is 12.8. The molecule has 2 N–H and O–H groups in total. The maximum Gasteiger partial charge on any atom is 0.330 e. The highest BCUT2D eigenvalue weighted by Gasteiger charge is 2.18. The van der Waals surface area contributed by atoms with Crippen LogP contribution >= 0.6 is 0 Å². The van der Waals surface area contributed by atoms with E-state index in [4.69, 9.17) is 14.2 Å². The summed E-state index contributed by atoms with van der Waals surface area (Å²) in [6.45, 7) is 0. The van der Waals surface area contributed by atoms with Gasteiger partial charge in [-0.2, -0.15) is 0 Å². The minimum atomic E-state index is -0.367.